The molecule has 0 aliphatic carbocycles. The lowest BCUT2D eigenvalue weighted by Gasteiger charge is -2.23. The normalized spacial score (nSPS) is 14.2. The lowest BCUT2D eigenvalue weighted by Crippen LogP contribution is -2.27. The lowest BCUT2D eigenvalue weighted by atomic mass is 10.0. The van der Waals surface area contributed by atoms with Crippen LogP contribution in [0.2, 0.25) is 0 Å². The first-order valence-electron chi connectivity index (χ1n) is 4.90. The van der Waals surface area contributed by atoms with Gasteiger partial charge in [0.2, 0.25) is 0 Å². The van der Waals surface area contributed by atoms with Crippen molar-refractivity contribution in [3.63, 3.8) is 0 Å². The van der Waals surface area contributed by atoms with E-state index < -0.39 is 11.7 Å². The van der Waals surface area contributed by atoms with Crippen molar-refractivity contribution < 1.29 is 13.2 Å². The Labute approximate surface area is 92.9 Å². The molecule has 0 fully saturated rings. The number of rotatable bonds is 3. The summed E-state index contributed by atoms with van der Waals surface area (Å²) >= 11 is 0. The molecular weight excluding hydrogens is 217 g/mol. The second-order valence-electron chi connectivity index (χ2n) is 3.83. The van der Waals surface area contributed by atoms with Crippen LogP contribution in [0.4, 0.5) is 13.2 Å². The summed E-state index contributed by atoms with van der Waals surface area (Å²) in [5, 5.41) is 0. The summed E-state index contributed by atoms with van der Waals surface area (Å²) < 4.78 is 37.0. The molecule has 2 N–H and O–H groups in total. The van der Waals surface area contributed by atoms with Gasteiger partial charge in [-0.15, -0.1) is 0 Å². The number of likely N-dealkylation sites (N-methyl/N-ethyl adjacent to an activating group) is 1. The Morgan fingerprint density at radius 3 is 2.00 bits per heavy atom. The molecule has 5 heteroatoms. The van der Waals surface area contributed by atoms with E-state index in [1.165, 1.54) is 12.1 Å². The SMILES string of the molecule is CN(C)C(CN)c1ccc(C(F)(F)F)cc1. The smallest absolute Gasteiger partial charge is 0.329 e. The van der Waals surface area contributed by atoms with E-state index in [1.54, 1.807) is 0 Å². The monoisotopic (exact) mass is 232 g/mol. The summed E-state index contributed by atoms with van der Waals surface area (Å²) in [6, 6.07) is 5.06. The van der Waals surface area contributed by atoms with E-state index in [-0.39, 0.29) is 6.04 Å². The molecule has 0 bridgehead atoms. The fraction of sp³-hybridized carbons (Fsp3) is 0.455. The number of alkyl halides is 3. The minimum absolute atomic E-state index is 0.0534. The van der Waals surface area contributed by atoms with Crippen LogP contribution in [0, 0.1) is 0 Å². The Morgan fingerprint density at radius 2 is 1.69 bits per heavy atom. The van der Waals surface area contributed by atoms with Gasteiger partial charge in [0.05, 0.1) is 5.56 Å². The van der Waals surface area contributed by atoms with Crippen molar-refractivity contribution in [2.45, 2.75) is 12.2 Å². The summed E-state index contributed by atoms with van der Waals surface area (Å²) in [6.45, 7) is 0.373. The van der Waals surface area contributed by atoms with Crippen LogP contribution in [-0.4, -0.2) is 25.5 Å². The Balaban J connectivity index is 2.94. The molecule has 16 heavy (non-hydrogen) atoms. The van der Waals surface area contributed by atoms with E-state index in [4.69, 9.17) is 5.73 Å². The molecule has 1 aromatic carbocycles. The minimum atomic E-state index is -4.28. The topological polar surface area (TPSA) is 29.3 Å². The molecule has 0 aliphatic rings. The van der Waals surface area contributed by atoms with Crippen molar-refractivity contribution in [3.05, 3.63) is 35.4 Å². The van der Waals surface area contributed by atoms with Gasteiger partial charge in [-0.3, -0.25) is 0 Å². The third kappa shape index (κ3) is 2.96. The van der Waals surface area contributed by atoms with Gasteiger partial charge >= 0.3 is 6.18 Å². The average Bonchev–Trinajstić information content (AvgIpc) is 2.17. The van der Waals surface area contributed by atoms with Crippen molar-refractivity contribution in [1.82, 2.24) is 4.90 Å². The second kappa shape index (κ2) is 4.84. The average molecular weight is 232 g/mol. The molecule has 0 aliphatic heterocycles. The van der Waals surface area contributed by atoms with Gasteiger partial charge in [0.25, 0.3) is 0 Å². The summed E-state index contributed by atoms with van der Waals surface area (Å²) in [7, 11) is 3.68. The van der Waals surface area contributed by atoms with Gasteiger partial charge in [0.15, 0.2) is 0 Å². The van der Waals surface area contributed by atoms with E-state index in [1.807, 2.05) is 19.0 Å². The van der Waals surface area contributed by atoms with Gasteiger partial charge in [0, 0.05) is 12.6 Å². The third-order valence-electron chi connectivity index (χ3n) is 2.47. The van der Waals surface area contributed by atoms with Crippen molar-refractivity contribution in [2.24, 2.45) is 5.73 Å². The van der Waals surface area contributed by atoms with E-state index in [9.17, 15) is 13.2 Å². The first kappa shape index (κ1) is 13.0. The molecule has 1 atom stereocenters. The Morgan fingerprint density at radius 1 is 1.19 bits per heavy atom. The zero-order valence-corrected chi connectivity index (χ0v) is 9.25. The van der Waals surface area contributed by atoms with E-state index in [0.29, 0.717) is 6.54 Å². The lowest BCUT2D eigenvalue weighted by molar-refractivity contribution is -0.137. The van der Waals surface area contributed by atoms with Crippen LogP contribution in [0.1, 0.15) is 17.2 Å². The maximum Gasteiger partial charge on any atom is 0.416 e. The van der Waals surface area contributed by atoms with Crippen molar-refractivity contribution >= 4 is 0 Å². The van der Waals surface area contributed by atoms with Crippen LogP contribution < -0.4 is 5.73 Å². The molecule has 0 heterocycles. The fourth-order valence-electron chi connectivity index (χ4n) is 1.54. The summed E-state index contributed by atoms with van der Waals surface area (Å²) in [6.07, 6.45) is -4.28. The van der Waals surface area contributed by atoms with Gasteiger partial charge in [-0.1, -0.05) is 12.1 Å². The van der Waals surface area contributed by atoms with E-state index in [2.05, 4.69) is 0 Å². The van der Waals surface area contributed by atoms with Crippen molar-refractivity contribution in [1.29, 1.82) is 0 Å². The predicted molar refractivity (Wildman–Crippen MR) is 56.9 cm³/mol. The Kier molecular flexibility index (Phi) is 3.93. The number of hydrogen-bond acceptors (Lipinski definition) is 2. The quantitative estimate of drug-likeness (QED) is 0.866. The van der Waals surface area contributed by atoms with Gasteiger partial charge in [-0.05, 0) is 31.8 Å². The molecule has 1 aromatic rings. The molecule has 0 saturated heterocycles. The molecular formula is C11H15F3N2. The van der Waals surface area contributed by atoms with Crippen LogP contribution >= 0.6 is 0 Å². The number of nitrogens with two attached hydrogens (primary N) is 1. The maximum absolute atomic E-state index is 12.3. The molecule has 1 rings (SSSR count). The minimum Gasteiger partial charge on any atom is -0.329 e. The molecule has 0 radical (unpaired) electrons. The molecule has 0 amide bonds. The van der Waals surface area contributed by atoms with E-state index >= 15 is 0 Å². The molecule has 2 nitrogen and oxygen atoms in total. The largest absolute Gasteiger partial charge is 0.416 e. The van der Waals surface area contributed by atoms with Gasteiger partial charge in [-0.25, -0.2) is 0 Å². The Bertz CT molecular complexity index is 330. The Hall–Kier alpha value is -1.07. The van der Waals surface area contributed by atoms with Crippen LogP contribution in [-0.2, 0) is 6.18 Å². The summed E-state index contributed by atoms with van der Waals surface area (Å²) in [4.78, 5) is 1.88. The highest BCUT2D eigenvalue weighted by Gasteiger charge is 2.30. The molecule has 0 saturated carbocycles. The third-order valence-corrected chi connectivity index (χ3v) is 2.47. The van der Waals surface area contributed by atoms with Gasteiger partial charge in [0.1, 0.15) is 0 Å². The highest BCUT2D eigenvalue weighted by molar-refractivity contribution is 5.27. The number of nitrogens with zero attached hydrogens (tertiary/aromatic N) is 1. The van der Waals surface area contributed by atoms with Crippen molar-refractivity contribution in [2.75, 3.05) is 20.6 Å². The van der Waals surface area contributed by atoms with Gasteiger partial charge in [-0.2, -0.15) is 13.2 Å². The zero-order valence-electron chi connectivity index (χ0n) is 9.25. The number of hydrogen-bond donors (Lipinski definition) is 1. The standard InChI is InChI=1S/C11H15F3N2/c1-16(2)10(7-15)8-3-5-9(6-4-8)11(12,13)14/h3-6,10H,7,15H2,1-2H3. The number of benzene rings is 1. The zero-order chi connectivity index (χ0) is 12.3. The van der Waals surface area contributed by atoms with E-state index in [0.717, 1.165) is 17.7 Å². The van der Waals surface area contributed by atoms with Crippen LogP contribution in [0.15, 0.2) is 24.3 Å². The van der Waals surface area contributed by atoms with Gasteiger partial charge < -0.3 is 10.6 Å². The second-order valence-corrected chi connectivity index (χ2v) is 3.83. The summed E-state index contributed by atoms with van der Waals surface area (Å²) in [5.41, 5.74) is 5.72. The predicted octanol–water partition coefficient (Wildman–Crippen LogP) is 2.27. The first-order chi connectivity index (χ1) is 7.36. The van der Waals surface area contributed by atoms with Crippen molar-refractivity contribution in [3.8, 4) is 0 Å². The first-order valence-corrected chi connectivity index (χ1v) is 4.90. The molecule has 1 unspecified atom stereocenters. The van der Waals surface area contributed by atoms with Crippen LogP contribution in [0.25, 0.3) is 0 Å². The number of halogens is 3. The maximum atomic E-state index is 12.3. The highest BCUT2D eigenvalue weighted by atomic mass is 19.4. The highest BCUT2D eigenvalue weighted by Crippen LogP contribution is 2.30. The molecule has 0 aromatic heterocycles. The molecule has 0 spiro atoms. The molecule has 90 valence electrons. The summed E-state index contributed by atoms with van der Waals surface area (Å²) in [5.74, 6) is 0. The fourth-order valence-corrected chi connectivity index (χ4v) is 1.54. The van der Waals surface area contributed by atoms with Crippen LogP contribution in [0.3, 0.4) is 0 Å². The van der Waals surface area contributed by atoms with Crippen LogP contribution in [0.5, 0.6) is 0 Å².